The zero-order valence-electron chi connectivity index (χ0n) is 18.3. The fourth-order valence-corrected chi connectivity index (χ4v) is 2.95. The number of amides is 3. The van der Waals surface area contributed by atoms with Gasteiger partial charge in [0, 0.05) is 13.1 Å². The number of nitrogens with one attached hydrogen (secondary N) is 2. The highest BCUT2D eigenvalue weighted by Gasteiger charge is 2.17. The maximum atomic E-state index is 12.1. The molecule has 0 unspecified atom stereocenters. The number of carbonyl (C=O) groups excluding carboxylic acids is 3. The van der Waals surface area contributed by atoms with Crippen LogP contribution < -0.4 is 20.2 Å². The van der Waals surface area contributed by atoms with E-state index in [9.17, 15) is 14.4 Å². The number of ether oxygens (including phenoxy) is 3. The predicted molar refractivity (Wildman–Crippen MR) is 121 cm³/mol. The van der Waals surface area contributed by atoms with Crippen LogP contribution in [0.1, 0.15) is 12.5 Å². The van der Waals surface area contributed by atoms with Crippen LogP contribution in [-0.4, -0.2) is 68.4 Å². The fraction of sp³-hybridized carbons (Fsp3) is 0.304. The van der Waals surface area contributed by atoms with Gasteiger partial charge < -0.3 is 24.4 Å². The van der Waals surface area contributed by atoms with E-state index in [2.05, 4.69) is 15.8 Å². The molecule has 0 aliphatic carbocycles. The molecule has 1 aliphatic rings. The van der Waals surface area contributed by atoms with E-state index in [0.29, 0.717) is 55.7 Å². The fourth-order valence-electron chi connectivity index (χ4n) is 2.95. The van der Waals surface area contributed by atoms with Crippen LogP contribution in [0, 0.1) is 0 Å². The van der Waals surface area contributed by atoms with Crippen molar-refractivity contribution in [2.75, 3.05) is 44.8 Å². The molecule has 10 heteroatoms. The first kappa shape index (κ1) is 23.7. The Morgan fingerprint density at radius 3 is 2.48 bits per heavy atom. The van der Waals surface area contributed by atoms with Gasteiger partial charge in [0.1, 0.15) is 11.5 Å². The molecule has 174 valence electrons. The van der Waals surface area contributed by atoms with E-state index in [1.807, 2.05) is 6.92 Å². The Kier molecular flexibility index (Phi) is 8.78. The summed E-state index contributed by atoms with van der Waals surface area (Å²) in [6, 6.07) is 13.6. The van der Waals surface area contributed by atoms with Crippen molar-refractivity contribution in [1.82, 2.24) is 10.3 Å². The third kappa shape index (κ3) is 7.32. The van der Waals surface area contributed by atoms with Crippen molar-refractivity contribution in [3.05, 3.63) is 54.1 Å². The second kappa shape index (κ2) is 12.2. The number of benzene rings is 2. The molecular weight excluding hydrogens is 428 g/mol. The van der Waals surface area contributed by atoms with Crippen molar-refractivity contribution in [1.29, 1.82) is 0 Å². The monoisotopic (exact) mass is 454 g/mol. The molecule has 1 aliphatic heterocycles. The second-order valence-electron chi connectivity index (χ2n) is 6.93. The normalized spacial score (nSPS) is 13.4. The van der Waals surface area contributed by atoms with Gasteiger partial charge in [0.2, 0.25) is 0 Å². The van der Waals surface area contributed by atoms with E-state index in [4.69, 9.17) is 14.2 Å². The molecule has 2 N–H and O–H groups in total. The number of carbonyl (C=O) groups is 3. The number of hydrogen-bond acceptors (Lipinski definition) is 7. The molecule has 10 nitrogen and oxygen atoms in total. The van der Waals surface area contributed by atoms with Crippen molar-refractivity contribution in [3.8, 4) is 11.5 Å². The van der Waals surface area contributed by atoms with Crippen LogP contribution in [0.2, 0.25) is 0 Å². The maximum absolute atomic E-state index is 12.1. The molecule has 3 rings (SSSR count). The van der Waals surface area contributed by atoms with Crippen LogP contribution in [-0.2, 0) is 19.1 Å². The molecule has 0 spiro atoms. The van der Waals surface area contributed by atoms with E-state index >= 15 is 0 Å². The summed E-state index contributed by atoms with van der Waals surface area (Å²) in [5.74, 6) is -0.871. The van der Waals surface area contributed by atoms with Crippen LogP contribution in [0.15, 0.2) is 53.6 Å². The van der Waals surface area contributed by atoms with Crippen molar-refractivity contribution in [2.24, 2.45) is 5.10 Å². The smallest absolute Gasteiger partial charge is 0.329 e. The van der Waals surface area contributed by atoms with Crippen LogP contribution in [0.25, 0.3) is 0 Å². The average Bonchev–Trinajstić information content (AvgIpc) is 2.85. The molecule has 1 fully saturated rings. The molecule has 0 aromatic heterocycles. The van der Waals surface area contributed by atoms with Crippen LogP contribution in [0.4, 0.5) is 5.69 Å². The topological polar surface area (TPSA) is 119 Å². The largest absolute Gasteiger partial charge is 0.492 e. The second-order valence-corrected chi connectivity index (χ2v) is 6.93. The van der Waals surface area contributed by atoms with Gasteiger partial charge in [-0.05, 0) is 48.9 Å². The lowest BCUT2D eigenvalue weighted by molar-refractivity contribution is -0.137. The summed E-state index contributed by atoms with van der Waals surface area (Å²) >= 11 is 0. The Morgan fingerprint density at radius 1 is 1.03 bits per heavy atom. The lowest BCUT2D eigenvalue weighted by Crippen LogP contribution is -2.42. The number of nitrogens with zero attached hydrogens (tertiary/aromatic N) is 2. The van der Waals surface area contributed by atoms with Gasteiger partial charge in [-0.1, -0.05) is 12.1 Å². The van der Waals surface area contributed by atoms with Crippen LogP contribution in [0.3, 0.4) is 0 Å². The number of rotatable bonds is 8. The lowest BCUT2D eigenvalue weighted by Gasteiger charge is -2.26. The number of hydrazone groups is 1. The van der Waals surface area contributed by atoms with E-state index in [-0.39, 0.29) is 12.5 Å². The van der Waals surface area contributed by atoms with Gasteiger partial charge in [0.15, 0.2) is 6.61 Å². The molecule has 3 amide bonds. The van der Waals surface area contributed by atoms with Gasteiger partial charge >= 0.3 is 11.8 Å². The van der Waals surface area contributed by atoms with Crippen LogP contribution in [0.5, 0.6) is 11.5 Å². The van der Waals surface area contributed by atoms with Gasteiger partial charge in [-0.2, -0.15) is 5.10 Å². The first-order valence-corrected chi connectivity index (χ1v) is 10.5. The average molecular weight is 454 g/mol. The summed E-state index contributed by atoms with van der Waals surface area (Å²) < 4.78 is 16.2. The Labute approximate surface area is 191 Å². The Bertz CT molecular complexity index is 987. The van der Waals surface area contributed by atoms with Crippen molar-refractivity contribution in [3.63, 3.8) is 0 Å². The third-order valence-electron chi connectivity index (χ3n) is 4.63. The van der Waals surface area contributed by atoms with Crippen LogP contribution >= 0.6 is 0 Å². The number of para-hydroxylation sites is 2. The molecule has 1 saturated heterocycles. The Balaban J connectivity index is 1.44. The van der Waals surface area contributed by atoms with Gasteiger partial charge in [-0.15, -0.1) is 0 Å². The van der Waals surface area contributed by atoms with Crippen molar-refractivity contribution in [2.45, 2.75) is 6.92 Å². The minimum Gasteiger partial charge on any atom is -0.492 e. The molecular formula is C23H26N4O6. The van der Waals surface area contributed by atoms with Gasteiger partial charge in [0.25, 0.3) is 5.91 Å². The number of morpholine rings is 1. The summed E-state index contributed by atoms with van der Waals surface area (Å²) in [5.41, 5.74) is 3.24. The maximum Gasteiger partial charge on any atom is 0.329 e. The SMILES string of the molecule is CCOc1ccccc1NC(=O)C(=O)N/N=C\c1ccc(OCC(=O)N2CCOCC2)cc1. The quantitative estimate of drug-likeness (QED) is 0.354. The van der Waals surface area contributed by atoms with Crippen molar-refractivity contribution >= 4 is 29.6 Å². The summed E-state index contributed by atoms with van der Waals surface area (Å²) in [4.78, 5) is 37.9. The molecule has 0 bridgehead atoms. The number of hydrogen-bond donors (Lipinski definition) is 2. The van der Waals surface area contributed by atoms with Crippen molar-refractivity contribution < 1.29 is 28.6 Å². The zero-order valence-corrected chi connectivity index (χ0v) is 18.3. The molecule has 0 atom stereocenters. The summed E-state index contributed by atoms with van der Waals surface area (Å²) in [6.07, 6.45) is 1.39. The molecule has 2 aromatic carbocycles. The predicted octanol–water partition coefficient (Wildman–Crippen LogP) is 1.41. The standard InChI is InChI=1S/C23H26N4O6/c1-2-32-20-6-4-3-5-19(20)25-22(29)23(30)26-24-15-17-7-9-18(10-8-17)33-16-21(28)27-11-13-31-14-12-27/h3-10,15H,2,11-14,16H2,1H3,(H,25,29)(H,26,30)/b24-15-. The van der Waals surface area contributed by atoms with E-state index < -0.39 is 11.8 Å². The summed E-state index contributed by atoms with van der Waals surface area (Å²) in [6.45, 7) is 4.42. The Hall–Kier alpha value is -3.92. The summed E-state index contributed by atoms with van der Waals surface area (Å²) in [5, 5.41) is 6.29. The molecule has 0 saturated carbocycles. The van der Waals surface area contributed by atoms with E-state index in [0.717, 1.165) is 0 Å². The highest BCUT2D eigenvalue weighted by Crippen LogP contribution is 2.23. The third-order valence-corrected chi connectivity index (χ3v) is 4.63. The minimum atomic E-state index is -0.917. The first-order valence-electron chi connectivity index (χ1n) is 10.5. The lowest BCUT2D eigenvalue weighted by atomic mass is 10.2. The van der Waals surface area contributed by atoms with E-state index in [1.165, 1.54) is 6.21 Å². The number of anilines is 1. The first-order chi connectivity index (χ1) is 16.1. The molecule has 1 heterocycles. The zero-order chi connectivity index (χ0) is 23.5. The highest BCUT2D eigenvalue weighted by atomic mass is 16.5. The van der Waals surface area contributed by atoms with Gasteiger partial charge in [-0.3, -0.25) is 14.4 Å². The minimum absolute atomic E-state index is 0.0506. The molecule has 33 heavy (non-hydrogen) atoms. The van der Waals surface area contributed by atoms with E-state index in [1.54, 1.807) is 53.4 Å². The van der Waals surface area contributed by atoms with Gasteiger partial charge in [-0.25, -0.2) is 5.43 Å². The summed E-state index contributed by atoms with van der Waals surface area (Å²) in [7, 11) is 0. The van der Waals surface area contributed by atoms with Gasteiger partial charge in [0.05, 0.1) is 31.7 Å². The molecule has 0 radical (unpaired) electrons. The molecule has 2 aromatic rings. The highest BCUT2D eigenvalue weighted by molar-refractivity contribution is 6.39. The Morgan fingerprint density at radius 2 is 1.76 bits per heavy atom.